The second kappa shape index (κ2) is 5.07. The number of furan rings is 1. The van der Waals surface area contributed by atoms with Crippen LogP contribution in [-0.4, -0.2) is 11.7 Å². The molecule has 1 N–H and O–H groups in total. The lowest BCUT2D eigenvalue weighted by molar-refractivity contribution is -0.120. The van der Waals surface area contributed by atoms with Crippen molar-refractivity contribution in [2.24, 2.45) is 0 Å². The molecule has 0 unspecified atom stereocenters. The van der Waals surface area contributed by atoms with Crippen LogP contribution in [0.25, 0.3) is 11.0 Å². The Morgan fingerprint density at radius 2 is 2.19 bits per heavy atom. The van der Waals surface area contributed by atoms with E-state index in [-0.39, 0.29) is 5.91 Å². The molecule has 0 aliphatic rings. The van der Waals surface area contributed by atoms with E-state index in [9.17, 15) is 4.79 Å². The zero-order valence-electron chi connectivity index (χ0n) is 8.77. The number of hydrogen-bond donors (Lipinski definition) is 2. The average Bonchev–Trinajstić information content (AvgIpc) is 2.70. The Hall–Kier alpha value is -1.42. The van der Waals surface area contributed by atoms with Gasteiger partial charge in [0.1, 0.15) is 5.58 Å². The lowest BCUT2D eigenvalue weighted by atomic mass is 10.2. The number of hydrogen-bond acceptors (Lipinski definition) is 3. The van der Waals surface area contributed by atoms with E-state index in [1.807, 2.05) is 24.3 Å². The molecule has 1 aromatic carbocycles. The lowest BCUT2D eigenvalue weighted by Crippen LogP contribution is -2.22. The molecule has 0 saturated heterocycles. The molecule has 1 amide bonds. The number of amides is 1. The van der Waals surface area contributed by atoms with Gasteiger partial charge in [-0.15, -0.1) is 0 Å². The van der Waals surface area contributed by atoms with E-state index in [0.717, 1.165) is 16.5 Å². The minimum absolute atomic E-state index is 0.0141. The highest BCUT2D eigenvalue weighted by Crippen LogP contribution is 2.20. The predicted molar refractivity (Wildman–Crippen MR) is 66.5 cm³/mol. The molecule has 1 heterocycles. The van der Waals surface area contributed by atoms with E-state index in [4.69, 9.17) is 4.42 Å². The standard InChI is InChI=1S/C12H13NO2S/c14-12(5-6-16)13-7-9-8-15-11-4-2-1-3-10(9)11/h1-4,8,16H,5-7H2,(H,13,14). The van der Waals surface area contributed by atoms with Crippen LogP contribution in [0.5, 0.6) is 0 Å². The van der Waals surface area contributed by atoms with Crippen molar-refractivity contribution in [3.63, 3.8) is 0 Å². The molecule has 0 radical (unpaired) electrons. The van der Waals surface area contributed by atoms with Gasteiger partial charge in [-0.05, 0) is 11.8 Å². The summed E-state index contributed by atoms with van der Waals surface area (Å²) < 4.78 is 5.37. The number of nitrogens with one attached hydrogen (secondary N) is 1. The van der Waals surface area contributed by atoms with Crippen LogP contribution in [0.3, 0.4) is 0 Å². The highest BCUT2D eigenvalue weighted by Gasteiger charge is 2.06. The fraction of sp³-hybridized carbons (Fsp3) is 0.250. The molecule has 0 atom stereocenters. The van der Waals surface area contributed by atoms with Crippen molar-refractivity contribution in [1.29, 1.82) is 0 Å². The molecule has 16 heavy (non-hydrogen) atoms. The largest absolute Gasteiger partial charge is 0.464 e. The summed E-state index contributed by atoms with van der Waals surface area (Å²) >= 11 is 4.01. The van der Waals surface area contributed by atoms with E-state index in [2.05, 4.69) is 17.9 Å². The van der Waals surface area contributed by atoms with Crippen LogP contribution >= 0.6 is 12.6 Å². The Labute approximate surface area is 99.2 Å². The molecule has 0 spiro atoms. The van der Waals surface area contributed by atoms with Crippen molar-refractivity contribution < 1.29 is 9.21 Å². The van der Waals surface area contributed by atoms with Gasteiger partial charge in [0.25, 0.3) is 0 Å². The Morgan fingerprint density at radius 3 is 3.00 bits per heavy atom. The summed E-state index contributed by atoms with van der Waals surface area (Å²) in [6, 6.07) is 7.78. The summed E-state index contributed by atoms with van der Waals surface area (Å²) in [5, 5.41) is 3.88. The highest BCUT2D eigenvalue weighted by atomic mass is 32.1. The van der Waals surface area contributed by atoms with Gasteiger partial charge < -0.3 is 9.73 Å². The van der Waals surface area contributed by atoms with Crippen LogP contribution in [0.15, 0.2) is 34.9 Å². The van der Waals surface area contributed by atoms with Gasteiger partial charge in [-0.2, -0.15) is 12.6 Å². The van der Waals surface area contributed by atoms with Gasteiger partial charge in [-0.3, -0.25) is 4.79 Å². The van der Waals surface area contributed by atoms with Crippen LogP contribution in [0.1, 0.15) is 12.0 Å². The molecular weight excluding hydrogens is 222 g/mol. The van der Waals surface area contributed by atoms with Crippen molar-refractivity contribution in [2.45, 2.75) is 13.0 Å². The first-order valence-electron chi connectivity index (χ1n) is 5.14. The number of rotatable bonds is 4. The molecular formula is C12H13NO2S. The van der Waals surface area contributed by atoms with Gasteiger partial charge in [-0.25, -0.2) is 0 Å². The fourth-order valence-corrected chi connectivity index (χ4v) is 1.76. The molecule has 0 saturated carbocycles. The van der Waals surface area contributed by atoms with Crippen LogP contribution in [0.4, 0.5) is 0 Å². The van der Waals surface area contributed by atoms with Crippen LogP contribution in [0, 0.1) is 0 Å². The third kappa shape index (κ3) is 2.39. The second-order valence-electron chi connectivity index (χ2n) is 3.51. The first kappa shape index (κ1) is 11.1. The first-order chi connectivity index (χ1) is 7.81. The third-order valence-electron chi connectivity index (χ3n) is 2.38. The maximum Gasteiger partial charge on any atom is 0.221 e. The molecule has 2 aromatic rings. The van der Waals surface area contributed by atoms with Crippen LogP contribution in [-0.2, 0) is 11.3 Å². The number of benzene rings is 1. The monoisotopic (exact) mass is 235 g/mol. The maximum absolute atomic E-state index is 11.3. The zero-order valence-corrected chi connectivity index (χ0v) is 9.67. The van der Waals surface area contributed by atoms with Gasteiger partial charge in [0.15, 0.2) is 0 Å². The summed E-state index contributed by atoms with van der Waals surface area (Å²) in [6.45, 7) is 0.504. The highest BCUT2D eigenvalue weighted by molar-refractivity contribution is 7.80. The van der Waals surface area contributed by atoms with E-state index in [0.29, 0.717) is 18.7 Å². The number of carbonyl (C=O) groups excluding carboxylic acids is 1. The van der Waals surface area contributed by atoms with Crippen LogP contribution in [0.2, 0.25) is 0 Å². The molecule has 3 nitrogen and oxygen atoms in total. The Kier molecular flexibility index (Phi) is 3.51. The van der Waals surface area contributed by atoms with Crippen molar-refractivity contribution in [3.05, 3.63) is 36.1 Å². The average molecular weight is 235 g/mol. The van der Waals surface area contributed by atoms with E-state index in [1.165, 1.54) is 0 Å². The summed E-state index contributed by atoms with van der Waals surface area (Å²) in [5.74, 6) is 0.582. The number of carbonyl (C=O) groups is 1. The third-order valence-corrected chi connectivity index (χ3v) is 2.60. The molecule has 0 fully saturated rings. The van der Waals surface area contributed by atoms with Gasteiger partial charge in [0, 0.05) is 23.9 Å². The van der Waals surface area contributed by atoms with Gasteiger partial charge in [-0.1, -0.05) is 18.2 Å². The number of para-hydroxylation sites is 1. The van der Waals surface area contributed by atoms with Gasteiger partial charge in [0.05, 0.1) is 6.26 Å². The maximum atomic E-state index is 11.3. The second-order valence-corrected chi connectivity index (χ2v) is 3.95. The zero-order chi connectivity index (χ0) is 11.4. The molecule has 1 aromatic heterocycles. The minimum atomic E-state index is 0.0141. The van der Waals surface area contributed by atoms with Crippen molar-refractivity contribution in [1.82, 2.24) is 5.32 Å². The molecule has 0 aliphatic heterocycles. The minimum Gasteiger partial charge on any atom is -0.464 e. The molecule has 2 rings (SSSR count). The first-order valence-corrected chi connectivity index (χ1v) is 5.77. The summed E-state index contributed by atoms with van der Waals surface area (Å²) in [4.78, 5) is 11.3. The normalized spacial score (nSPS) is 10.6. The lowest BCUT2D eigenvalue weighted by Gasteiger charge is -2.01. The molecule has 4 heteroatoms. The summed E-state index contributed by atoms with van der Waals surface area (Å²) in [7, 11) is 0. The Bertz CT molecular complexity index is 492. The molecule has 0 bridgehead atoms. The number of fused-ring (bicyclic) bond motifs is 1. The van der Waals surface area contributed by atoms with E-state index < -0.39 is 0 Å². The van der Waals surface area contributed by atoms with Crippen molar-refractivity contribution in [3.8, 4) is 0 Å². The summed E-state index contributed by atoms with van der Waals surface area (Å²) in [6.07, 6.45) is 2.13. The van der Waals surface area contributed by atoms with Crippen molar-refractivity contribution >= 4 is 29.5 Å². The SMILES string of the molecule is O=C(CCS)NCc1coc2ccccc12. The van der Waals surface area contributed by atoms with Crippen LogP contribution < -0.4 is 5.32 Å². The van der Waals surface area contributed by atoms with Crippen molar-refractivity contribution in [2.75, 3.05) is 5.75 Å². The smallest absolute Gasteiger partial charge is 0.221 e. The summed E-state index contributed by atoms with van der Waals surface area (Å²) in [5.41, 5.74) is 1.85. The van der Waals surface area contributed by atoms with Gasteiger partial charge in [0.2, 0.25) is 5.91 Å². The predicted octanol–water partition coefficient (Wildman–Crippen LogP) is 2.37. The molecule has 0 aliphatic carbocycles. The topological polar surface area (TPSA) is 42.2 Å². The Morgan fingerprint density at radius 1 is 1.38 bits per heavy atom. The quantitative estimate of drug-likeness (QED) is 0.799. The van der Waals surface area contributed by atoms with E-state index in [1.54, 1.807) is 6.26 Å². The molecule has 84 valence electrons. The number of thiol groups is 1. The Balaban J connectivity index is 2.07. The van der Waals surface area contributed by atoms with E-state index >= 15 is 0 Å². The fourth-order valence-electron chi connectivity index (χ4n) is 1.55. The van der Waals surface area contributed by atoms with Gasteiger partial charge >= 0.3 is 0 Å².